The molecule has 0 aromatic heterocycles. The minimum absolute atomic E-state index is 0.0495. The van der Waals surface area contributed by atoms with E-state index in [-0.39, 0.29) is 12.1 Å². The van der Waals surface area contributed by atoms with Crippen LogP contribution in [-0.4, -0.2) is 21.3 Å². The number of methoxy groups -OCH3 is 1. The summed E-state index contributed by atoms with van der Waals surface area (Å²) in [6.07, 6.45) is -0.836. The number of benzene rings is 2. The molecule has 126 valence electrons. The van der Waals surface area contributed by atoms with Gasteiger partial charge >= 0.3 is 0 Å². The number of rotatable bonds is 7. The summed E-state index contributed by atoms with van der Waals surface area (Å²) in [6, 6.07) is 12.4. The Morgan fingerprint density at radius 2 is 1.83 bits per heavy atom. The molecule has 0 amide bonds. The first-order chi connectivity index (χ1) is 11.4. The highest BCUT2D eigenvalue weighted by atomic mass is 32.2. The van der Waals surface area contributed by atoms with Crippen LogP contribution in [0.4, 0.5) is 5.69 Å². The second kappa shape index (κ2) is 7.85. The van der Waals surface area contributed by atoms with Crippen LogP contribution in [0.1, 0.15) is 18.1 Å². The second-order valence-electron chi connectivity index (χ2n) is 5.05. The summed E-state index contributed by atoms with van der Waals surface area (Å²) in [5, 5.41) is 20.8. The molecule has 7 heteroatoms. The number of nitro benzene ring substituents is 1. The molecule has 2 aromatic rings. The zero-order valence-electron chi connectivity index (χ0n) is 13.0. The molecular weight excluding hydrogens is 330 g/mol. The van der Waals surface area contributed by atoms with Crippen molar-refractivity contribution in [1.82, 2.24) is 0 Å². The molecule has 2 aromatic carbocycles. The van der Waals surface area contributed by atoms with Gasteiger partial charge in [0.05, 0.1) is 28.9 Å². The third kappa shape index (κ3) is 4.27. The van der Waals surface area contributed by atoms with E-state index >= 15 is 0 Å². The average Bonchev–Trinajstić information content (AvgIpc) is 2.61. The van der Waals surface area contributed by atoms with Gasteiger partial charge in [0.1, 0.15) is 5.75 Å². The molecule has 0 radical (unpaired) electrons. The number of nitrogens with zero attached hydrogens (tertiary/aromatic N) is 1. The fourth-order valence-electron chi connectivity index (χ4n) is 2.09. The van der Waals surface area contributed by atoms with E-state index in [0.717, 1.165) is 0 Å². The number of non-ortho nitro benzene ring substituents is 1. The molecule has 0 saturated carbocycles. The van der Waals surface area contributed by atoms with E-state index in [4.69, 9.17) is 4.74 Å². The minimum Gasteiger partial charge on any atom is -0.497 e. The molecule has 0 aliphatic heterocycles. The normalized spacial score (nSPS) is 13.1. The Bertz CT molecular complexity index is 756. The molecule has 24 heavy (non-hydrogen) atoms. The monoisotopic (exact) mass is 347 g/mol. The van der Waals surface area contributed by atoms with Crippen LogP contribution in [0.3, 0.4) is 0 Å². The first-order valence-electron chi connectivity index (χ1n) is 7.08. The highest BCUT2D eigenvalue weighted by Gasteiger charge is 2.16. The van der Waals surface area contributed by atoms with Gasteiger partial charge in [-0.05, 0) is 42.0 Å². The maximum atomic E-state index is 12.4. The SMILES string of the molecule is C=C(C[C@@H](O)c1ccc([N+](=O)[O-])cc1)S(=O)c1ccc(OC)cc1. The molecule has 2 rings (SSSR count). The number of hydrogen-bond acceptors (Lipinski definition) is 5. The lowest BCUT2D eigenvalue weighted by Gasteiger charge is -2.13. The van der Waals surface area contributed by atoms with Crippen molar-refractivity contribution < 1.29 is 19.0 Å². The molecule has 1 N–H and O–H groups in total. The van der Waals surface area contributed by atoms with Gasteiger partial charge in [-0.15, -0.1) is 0 Å². The molecule has 0 aliphatic carbocycles. The van der Waals surface area contributed by atoms with Crippen LogP contribution < -0.4 is 4.74 Å². The minimum atomic E-state index is -1.46. The smallest absolute Gasteiger partial charge is 0.269 e. The molecule has 2 atom stereocenters. The molecule has 6 nitrogen and oxygen atoms in total. The third-order valence-corrected chi connectivity index (χ3v) is 4.84. The molecule has 0 aliphatic rings. The number of nitro groups is 1. The molecule has 0 heterocycles. The predicted molar refractivity (Wildman–Crippen MR) is 91.2 cm³/mol. The maximum absolute atomic E-state index is 12.4. The van der Waals surface area contributed by atoms with Crippen molar-refractivity contribution >= 4 is 16.5 Å². The topological polar surface area (TPSA) is 89.7 Å². The van der Waals surface area contributed by atoms with Crippen LogP contribution in [0.15, 0.2) is 64.9 Å². The fraction of sp³-hybridized carbons (Fsp3) is 0.176. The van der Waals surface area contributed by atoms with Gasteiger partial charge in [0.2, 0.25) is 0 Å². The van der Waals surface area contributed by atoms with Crippen molar-refractivity contribution in [2.45, 2.75) is 17.4 Å². The van der Waals surface area contributed by atoms with Crippen LogP contribution in [0.5, 0.6) is 5.75 Å². The van der Waals surface area contributed by atoms with Gasteiger partial charge in [-0.1, -0.05) is 6.58 Å². The Morgan fingerprint density at radius 3 is 2.33 bits per heavy atom. The number of aliphatic hydroxyl groups excluding tert-OH is 1. The van der Waals surface area contributed by atoms with Crippen LogP contribution >= 0.6 is 0 Å². The van der Waals surface area contributed by atoms with Crippen molar-refractivity contribution in [2.24, 2.45) is 0 Å². The largest absolute Gasteiger partial charge is 0.497 e. The van der Waals surface area contributed by atoms with E-state index in [0.29, 0.717) is 21.1 Å². The van der Waals surface area contributed by atoms with Crippen molar-refractivity contribution in [1.29, 1.82) is 0 Å². The Balaban J connectivity index is 2.04. The van der Waals surface area contributed by atoms with Gasteiger partial charge in [-0.3, -0.25) is 10.1 Å². The van der Waals surface area contributed by atoms with E-state index in [9.17, 15) is 19.4 Å². The van der Waals surface area contributed by atoms with Gasteiger partial charge in [-0.2, -0.15) is 0 Å². The van der Waals surface area contributed by atoms with E-state index in [1.54, 1.807) is 31.4 Å². The zero-order valence-corrected chi connectivity index (χ0v) is 13.9. The Labute approximate surface area is 142 Å². The Hall–Kier alpha value is -2.51. The predicted octanol–water partition coefficient (Wildman–Crippen LogP) is 3.35. The van der Waals surface area contributed by atoms with Gasteiger partial charge in [0.15, 0.2) is 0 Å². The standard InChI is InChI=1S/C17H17NO5S/c1-12(24(22)16-9-7-15(23-2)8-10-16)11-17(19)13-3-5-14(6-4-13)18(20)21/h3-10,17,19H,1,11H2,2H3/t17-,24?/m1/s1. The second-order valence-corrected chi connectivity index (χ2v) is 6.64. The van der Waals surface area contributed by atoms with E-state index in [2.05, 4.69) is 6.58 Å². The summed E-state index contributed by atoms with van der Waals surface area (Å²) in [6.45, 7) is 3.79. The molecule has 0 spiro atoms. The summed E-state index contributed by atoms with van der Waals surface area (Å²) in [7, 11) is 0.0844. The summed E-state index contributed by atoms with van der Waals surface area (Å²) >= 11 is 0. The lowest BCUT2D eigenvalue weighted by molar-refractivity contribution is -0.384. The quantitative estimate of drug-likeness (QED) is 0.613. The molecule has 0 bridgehead atoms. The summed E-state index contributed by atoms with van der Waals surface area (Å²) in [5.41, 5.74) is 0.458. The van der Waals surface area contributed by atoms with Crippen LogP contribution in [0.25, 0.3) is 0 Å². The van der Waals surface area contributed by atoms with Crippen molar-refractivity contribution in [2.75, 3.05) is 7.11 Å². The number of aliphatic hydroxyl groups is 1. The van der Waals surface area contributed by atoms with Gasteiger partial charge in [-0.25, -0.2) is 4.21 Å². The highest BCUT2D eigenvalue weighted by Crippen LogP contribution is 2.26. The molecular formula is C17H17NO5S. The first kappa shape index (κ1) is 17.8. The first-order valence-corrected chi connectivity index (χ1v) is 8.23. The van der Waals surface area contributed by atoms with Crippen molar-refractivity contribution in [3.8, 4) is 5.75 Å². The lowest BCUT2D eigenvalue weighted by Crippen LogP contribution is -2.03. The van der Waals surface area contributed by atoms with E-state index in [1.807, 2.05) is 0 Å². The number of hydrogen-bond donors (Lipinski definition) is 1. The van der Waals surface area contributed by atoms with Crippen LogP contribution in [0.2, 0.25) is 0 Å². The van der Waals surface area contributed by atoms with Crippen molar-refractivity contribution in [3.63, 3.8) is 0 Å². The molecule has 0 saturated heterocycles. The molecule has 1 unspecified atom stereocenters. The third-order valence-electron chi connectivity index (χ3n) is 3.45. The van der Waals surface area contributed by atoms with E-state index < -0.39 is 21.8 Å². The summed E-state index contributed by atoms with van der Waals surface area (Å²) in [4.78, 5) is 11.1. The maximum Gasteiger partial charge on any atom is 0.269 e. The average molecular weight is 347 g/mol. The Morgan fingerprint density at radius 1 is 1.25 bits per heavy atom. The van der Waals surface area contributed by atoms with Gasteiger partial charge < -0.3 is 9.84 Å². The molecule has 0 fully saturated rings. The Kier molecular flexibility index (Phi) is 5.83. The van der Waals surface area contributed by atoms with Crippen molar-refractivity contribution in [3.05, 3.63) is 75.7 Å². The highest BCUT2D eigenvalue weighted by molar-refractivity contribution is 7.89. The van der Waals surface area contributed by atoms with Gasteiger partial charge in [0, 0.05) is 28.4 Å². The zero-order chi connectivity index (χ0) is 17.7. The number of ether oxygens (including phenoxy) is 1. The van der Waals surface area contributed by atoms with E-state index in [1.165, 1.54) is 24.3 Å². The van der Waals surface area contributed by atoms with Gasteiger partial charge in [0.25, 0.3) is 5.69 Å². The van der Waals surface area contributed by atoms with Crippen LogP contribution in [-0.2, 0) is 10.8 Å². The summed E-state index contributed by atoms with van der Waals surface area (Å²) in [5.74, 6) is 0.660. The van der Waals surface area contributed by atoms with Crippen LogP contribution in [0, 0.1) is 10.1 Å². The summed E-state index contributed by atoms with van der Waals surface area (Å²) < 4.78 is 17.5. The lowest BCUT2D eigenvalue weighted by atomic mass is 10.1. The fourth-order valence-corrected chi connectivity index (χ4v) is 3.12.